The van der Waals surface area contributed by atoms with Crippen LogP contribution in [-0.2, 0) is 9.59 Å². The van der Waals surface area contributed by atoms with Crippen LogP contribution in [0.4, 0.5) is 0 Å². The number of hydrogen-bond acceptors (Lipinski definition) is 4. The largest absolute Gasteiger partial charge is 0.503 e. The summed E-state index contributed by atoms with van der Waals surface area (Å²) in [6.45, 7) is 2.20. The molecule has 2 aliphatic carbocycles. The van der Waals surface area contributed by atoms with Crippen LogP contribution in [0.5, 0.6) is 0 Å². The molecular weight excluding hydrogens is 358 g/mol. The van der Waals surface area contributed by atoms with Crippen LogP contribution in [-0.4, -0.2) is 38.8 Å². The summed E-state index contributed by atoms with van der Waals surface area (Å²) < 4.78 is 0. The topological polar surface area (TPSA) is 94.9 Å². The summed E-state index contributed by atoms with van der Waals surface area (Å²) in [6, 6.07) is 5.61. The molecular formula is C22H25NO5. The third-order valence-corrected chi connectivity index (χ3v) is 6.31. The summed E-state index contributed by atoms with van der Waals surface area (Å²) in [5.41, 5.74) is 1.01. The lowest BCUT2D eigenvalue weighted by Gasteiger charge is -2.38. The second kappa shape index (κ2) is 7.08. The molecule has 0 saturated heterocycles. The summed E-state index contributed by atoms with van der Waals surface area (Å²) >= 11 is 0. The lowest BCUT2D eigenvalue weighted by Crippen LogP contribution is -2.42. The summed E-state index contributed by atoms with van der Waals surface area (Å²) in [7, 11) is 0. The number of aliphatic hydroxyl groups is 1. The highest BCUT2D eigenvalue weighted by Gasteiger charge is 2.49. The predicted molar refractivity (Wildman–Crippen MR) is 102 cm³/mol. The molecule has 1 atom stereocenters. The van der Waals surface area contributed by atoms with Gasteiger partial charge in [-0.2, -0.15) is 0 Å². The number of benzene rings is 1. The fourth-order valence-corrected chi connectivity index (χ4v) is 4.47. The van der Waals surface area contributed by atoms with E-state index in [-0.39, 0.29) is 28.9 Å². The molecule has 0 aromatic heterocycles. The van der Waals surface area contributed by atoms with Crippen LogP contribution in [0.15, 0.2) is 35.6 Å². The molecule has 2 saturated carbocycles. The molecule has 3 aliphatic rings. The number of carboxylic acids is 1. The van der Waals surface area contributed by atoms with E-state index in [0.29, 0.717) is 11.5 Å². The molecule has 1 aromatic carbocycles. The van der Waals surface area contributed by atoms with Crippen molar-refractivity contribution in [3.8, 4) is 0 Å². The maximum atomic E-state index is 13.0. The monoisotopic (exact) mass is 383 g/mol. The average molecular weight is 383 g/mol. The van der Waals surface area contributed by atoms with Crippen molar-refractivity contribution < 1.29 is 24.6 Å². The summed E-state index contributed by atoms with van der Waals surface area (Å²) in [6.07, 6.45) is 5.27. The zero-order chi connectivity index (χ0) is 20.0. The number of aliphatic hydroxyl groups excluding tert-OH is 1. The van der Waals surface area contributed by atoms with Gasteiger partial charge >= 0.3 is 5.97 Å². The van der Waals surface area contributed by atoms with E-state index in [0.717, 1.165) is 38.5 Å². The number of aromatic carboxylic acids is 1. The molecule has 0 bridgehead atoms. The van der Waals surface area contributed by atoms with Gasteiger partial charge in [0.2, 0.25) is 0 Å². The van der Waals surface area contributed by atoms with Gasteiger partial charge in [-0.1, -0.05) is 19.1 Å². The van der Waals surface area contributed by atoms with Crippen molar-refractivity contribution >= 4 is 17.7 Å². The van der Waals surface area contributed by atoms with E-state index in [4.69, 9.17) is 5.11 Å². The fourth-order valence-electron chi connectivity index (χ4n) is 4.47. The Balaban J connectivity index is 1.73. The van der Waals surface area contributed by atoms with Gasteiger partial charge in [-0.15, -0.1) is 0 Å². The Labute approximate surface area is 163 Å². The molecule has 0 spiro atoms. The smallest absolute Gasteiger partial charge is 0.335 e. The first-order chi connectivity index (χ1) is 13.4. The molecule has 1 aliphatic heterocycles. The van der Waals surface area contributed by atoms with Crippen molar-refractivity contribution in [3.63, 3.8) is 0 Å². The molecule has 1 unspecified atom stereocenters. The summed E-state index contributed by atoms with van der Waals surface area (Å²) in [5, 5.41) is 19.8. The van der Waals surface area contributed by atoms with Gasteiger partial charge in [0.15, 0.2) is 11.5 Å². The van der Waals surface area contributed by atoms with Gasteiger partial charge in [0.1, 0.15) is 0 Å². The van der Waals surface area contributed by atoms with Gasteiger partial charge in [-0.3, -0.25) is 9.59 Å². The van der Waals surface area contributed by atoms with Gasteiger partial charge in [0, 0.05) is 12.0 Å². The van der Waals surface area contributed by atoms with Crippen LogP contribution in [0.2, 0.25) is 0 Å². The zero-order valence-corrected chi connectivity index (χ0v) is 15.9. The van der Waals surface area contributed by atoms with E-state index in [1.165, 1.54) is 12.1 Å². The van der Waals surface area contributed by atoms with Crippen molar-refractivity contribution in [2.24, 2.45) is 11.8 Å². The number of Topliss-reactive ketones (excluding diaryl/α,β-unsaturated/α-hetero) is 1. The lowest BCUT2D eigenvalue weighted by molar-refractivity contribution is -0.132. The van der Waals surface area contributed by atoms with Gasteiger partial charge in [-0.05, 0) is 62.1 Å². The number of carboxylic acid groups (broad SMARTS) is 1. The maximum Gasteiger partial charge on any atom is 0.335 e. The van der Waals surface area contributed by atoms with E-state index >= 15 is 0 Å². The van der Waals surface area contributed by atoms with Crippen molar-refractivity contribution in [3.05, 3.63) is 46.7 Å². The molecule has 1 amide bonds. The molecule has 28 heavy (non-hydrogen) atoms. The lowest BCUT2D eigenvalue weighted by atomic mass is 9.85. The molecule has 1 aromatic rings. The van der Waals surface area contributed by atoms with Gasteiger partial charge in [0.05, 0.1) is 17.2 Å². The number of rotatable bonds is 5. The maximum absolute atomic E-state index is 13.0. The highest BCUT2D eigenvalue weighted by Crippen LogP contribution is 2.46. The first-order valence-electron chi connectivity index (χ1n) is 10.0. The van der Waals surface area contributed by atoms with Gasteiger partial charge in [-0.25, -0.2) is 4.79 Å². The minimum Gasteiger partial charge on any atom is -0.503 e. The number of amides is 1. The first kappa shape index (κ1) is 18.7. The van der Waals surface area contributed by atoms with Crippen molar-refractivity contribution in [1.82, 2.24) is 4.90 Å². The van der Waals surface area contributed by atoms with E-state index < -0.39 is 23.7 Å². The Hall–Kier alpha value is -2.63. The Kier molecular flexibility index (Phi) is 4.73. The van der Waals surface area contributed by atoms with Crippen LogP contribution in [0.25, 0.3) is 0 Å². The quantitative estimate of drug-likeness (QED) is 0.809. The van der Waals surface area contributed by atoms with Crippen LogP contribution in [0.3, 0.4) is 0 Å². The second-order valence-corrected chi connectivity index (χ2v) is 8.36. The highest BCUT2D eigenvalue weighted by molar-refractivity contribution is 6.10. The number of nitrogens with zero attached hydrogens (tertiary/aromatic N) is 1. The van der Waals surface area contributed by atoms with Gasteiger partial charge in [0.25, 0.3) is 5.91 Å². The van der Waals surface area contributed by atoms with E-state index in [1.807, 2.05) is 0 Å². The van der Waals surface area contributed by atoms with Crippen molar-refractivity contribution in [1.29, 1.82) is 0 Å². The van der Waals surface area contributed by atoms with E-state index in [2.05, 4.69) is 6.92 Å². The zero-order valence-electron chi connectivity index (χ0n) is 15.9. The summed E-state index contributed by atoms with van der Waals surface area (Å²) in [4.78, 5) is 38.7. The summed E-state index contributed by atoms with van der Waals surface area (Å²) in [5.74, 6) is -1.59. The molecule has 2 fully saturated rings. The Morgan fingerprint density at radius 3 is 2.14 bits per heavy atom. The van der Waals surface area contributed by atoms with Crippen LogP contribution >= 0.6 is 0 Å². The predicted octanol–water partition coefficient (Wildman–Crippen LogP) is 3.64. The molecule has 0 radical (unpaired) electrons. The van der Waals surface area contributed by atoms with Crippen LogP contribution < -0.4 is 0 Å². The number of hydrogen-bond donors (Lipinski definition) is 2. The van der Waals surface area contributed by atoms with Gasteiger partial charge < -0.3 is 15.1 Å². The van der Waals surface area contributed by atoms with E-state index in [1.54, 1.807) is 17.0 Å². The highest BCUT2D eigenvalue weighted by atomic mass is 16.4. The molecule has 148 valence electrons. The Morgan fingerprint density at radius 1 is 1.00 bits per heavy atom. The average Bonchev–Trinajstić information content (AvgIpc) is 3.50. The van der Waals surface area contributed by atoms with Crippen LogP contribution in [0, 0.1) is 11.8 Å². The van der Waals surface area contributed by atoms with E-state index in [9.17, 15) is 19.5 Å². The molecule has 6 nitrogen and oxygen atoms in total. The molecule has 1 heterocycles. The first-order valence-corrected chi connectivity index (χ1v) is 10.0. The van der Waals surface area contributed by atoms with Crippen molar-refractivity contribution in [2.45, 2.75) is 57.5 Å². The Morgan fingerprint density at radius 2 is 1.61 bits per heavy atom. The minimum absolute atomic E-state index is 0.0282. The standard InChI is InChI=1S/C22H25NO5/c1-12-2-10-16(11-3-12)23-18(13-4-8-15(9-5-13)22(27)28)17(20(25)21(23)26)19(24)14-6-7-14/h4-5,8-9,12,14,16,18,25H,2-3,6-7,10-11H2,1H3,(H,27,28). The molecule has 2 N–H and O–H groups in total. The number of ketones is 1. The molecule has 6 heteroatoms. The fraction of sp³-hybridized carbons (Fsp3) is 0.500. The molecule has 4 rings (SSSR count). The number of carbonyl (C=O) groups excluding carboxylic acids is 2. The SMILES string of the molecule is CC1CCC(N2C(=O)C(O)=C(C(=O)C3CC3)C2c2ccc(C(=O)O)cc2)CC1. The third kappa shape index (κ3) is 3.21. The minimum atomic E-state index is -1.03. The number of carbonyl (C=O) groups is 3. The van der Waals surface area contributed by atoms with Crippen molar-refractivity contribution in [2.75, 3.05) is 0 Å². The normalized spacial score (nSPS) is 28.0. The second-order valence-electron chi connectivity index (χ2n) is 8.36. The van der Waals surface area contributed by atoms with Crippen LogP contribution in [0.1, 0.15) is 67.4 Å². The third-order valence-electron chi connectivity index (χ3n) is 6.31. The Bertz CT molecular complexity index is 844.